The van der Waals surface area contributed by atoms with E-state index in [0.717, 1.165) is 43.1 Å². The summed E-state index contributed by atoms with van der Waals surface area (Å²) >= 11 is 0. The van der Waals surface area contributed by atoms with Crippen molar-refractivity contribution in [2.24, 2.45) is 5.92 Å². The molecule has 4 rings (SSSR count). The van der Waals surface area contributed by atoms with Crippen LogP contribution in [0.3, 0.4) is 0 Å². The second-order valence-electron chi connectivity index (χ2n) is 6.20. The Labute approximate surface area is 129 Å². The van der Waals surface area contributed by atoms with Gasteiger partial charge in [0.25, 0.3) is 5.91 Å². The van der Waals surface area contributed by atoms with Crippen LogP contribution in [0.1, 0.15) is 22.6 Å². The largest absolute Gasteiger partial charge is 0.341 e. The van der Waals surface area contributed by atoms with Gasteiger partial charge in [0, 0.05) is 36.9 Å². The zero-order valence-electron chi connectivity index (χ0n) is 12.7. The molecule has 2 N–H and O–H groups in total. The molecule has 2 saturated heterocycles. The maximum absolute atomic E-state index is 12.9. The summed E-state index contributed by atoms with van der Waals surface area (Å²) in [4.78, 5) is 22.7. The number of rotatable bonds is 2. The molecule has 0 radical (unpaired) electrons. The standard InChI is InChI=1S/C17H20N4O/c1-11-15(20-16(19-11)12-5-3-2-4-6-12)17(22)21-8-7-13-9-18-10-14(13)21/h2-6,13-14,18H,7-10H2,1H3,(H,19,20)/t13-,14+/m1/s1. The van der Waals surface area contributed by atoms with E-state index in [1.165, 1.54) is 0 Å². The molecule has 0 saturated carbocycles. The lowest BCUT2D eigenvalue weighted by Crippen LogP contribution is -2.39. The summed E-state index contributed by atoms with van der Waals surface area (Å²) in [6.45, 7) is 4.71. The Morgan fingerprint density at radius 1 is 1.27 bits per heavy atom. The van der Waals surface area contributed by atoms with Gasteiger partial charge in [-0.15, -0.1) is 0 Å². The highest BCUT2D eigenvalue weighted by Gasteiger charge is 2.41. The van der Waals surface area contributed by atoms with E-state index in [1.54, 1.807) is 0 Å². The van der Waals surface area contributed by atoms with E-state index in [2.05, 4.69) is 15.3 Å². The highest BCUT2D eigenvalue weighted by molar-refractivity contribution is 5.94. The summed E-state index contributed by atoms with van der Waals surface area (Å²) in [5.74, 6) is 1.44. The second-order valence-corrected chi connectivity index (χ2v) is 6.20. The normalized spacial score (nSPS) is 23.8. The van der Waals surface area contributed by atoms with Gasteiger partial charge >= 0.3 is 0 Å². The summed E-state index contributed by atoms with van der Waals surface area (Å²) in [5.41, 5.74) is 2.41. The first kappa shape index (κ1) is 13.5. The van der Waals surface area contributed by atoms with Gasteiger partial charge < -0.3 is 15.2 Å². The van der Waals surface area contributed by atoms with Crippen molar-refractivity contribution in [3.63, 3.8) is 0 Å². The number of fused-ring (bicyclic) bond motifs is 1. The lowest BCUT2D eigenvalue weighted by atomic mass is 10.1. The maximum atomic E-state index is 12.9. The van der Waals surface area contributed by atoms with E-state index in [0.29, 0.717) is 17.7 Å². The first-order chi connectivity index (χ1) is 10.7. The van der Waals surface area contributed by atoms with Crippen molar-refractivity contribution in [1.82, 2.24) is 20.2 Å². The first-order valence-electron chi connectivity index (χ1n) is 7.88. The number of nitrogens with zero attached hydrogens (tertiary/aromatic N) is 2. The first-order valence-corrected chi connectivity index (χ1v) is 7.88. The van der Waals surface area contributed by atoms with Crippen molar-refractivity contribution < 1.29 is 4.79 Å². The molecule has 0 unspecified atom stereocenters. The van der Waals surface area contributed by atoms with Crippen molar-refractivity contribution in [3.8, 4) is 11.4 Å². The number of hydrogen-bond donors (Lipinski definition) is 2. The third-order valence-electron chi connectivity index (χ3n) is 4.84. The number of aromatic nitrogens is 2. The monoisotopic (exact) mass is 296 g/mol. The van der Waals surface area contributed by atoms with Crippen molar-refractivity contribution in [3.05, 3.63) is 41.7 Å². The molecule has 5 heteroatoms. The number of aryl methyl sites for hydroxylation is 1. The minimum atomic E-state index is 0.0622. The lowest BCUT2D eigenvalue weighted by Gasteiger charge is -2.22. The third-order valence-corrected chi connectivity index (χ3v) is 4.84. The molecule has 1 aromatic heterocycles. The molecule has 3 heterocycles. The maximum Gasteiger partial charge on any atom is 0.274 e. The van der Waals surface area contributed by atoms with Gasteiger partial charge in [0.2, 0.25) is 0 Å². The molecule has 1 amide bonds. The van der Waals surface area contributed by atoms with Crippen LogP contribution in [0.15, 0.2) is 30.3 Å². The van der Waals surface area contributed by atoms with E-state index in [4.69, 9.17) is 0 Å². The zero-order chi connectivity index (χ0) is 15.1. The Balaban J connectivity index is 1.63. The molecule has 2 aromatic rings. The minimum Gasteiger partial charge on any atom is -0.341 e. The van der Waals surface area contributed by atoms with Crippen LogP contribution in [0.25, 0.3) is 11.4 Å². The van der Waals surface area contributed by atoms with Gasteiger partial charge in [-0.05, 0) is 19.3 Å². The van der Waals surface area contributed by atoms with Gasteiger partial charge in [-0.25, -0.2) is 4.98 Å². The Hall–Kier alpha value is -2.14. The van der Waals surface area contributed by atoms with Crippen LogP contribution in [-0.4, -0.2) is 46.5 Å². The number of aromatic amines is 1. The number of carbonyl (C=O) groups is 1. The molecule has 1 aromatic carbocycles. The van der Waals surface area contributed by atoms with Crippen molar-refractivity contribution in [2.75, 3.05) is 19.6 Å². The number of imidazole rings is 1. The van der Waals surface area contributed by atoms with Gasteiger partial charge in [-0.1, -0.05) is 30.3 Å². The number of carbonyl (C=O) groups excluding carboxylic acids is 1. The number of benzene rings is 1. The van der Waals surface area contributed by atoms with Crippen molar-refractivity contribution >= 4 is 5.91 Å². The van der Waals surface area contributed by atoms with E-state index >= 15 is 0 Å². The van der Waals surface area contributed by atoms with Crippen LogP contribution in [0, 0.1) is 12.8 Å². The third kappa shape index (κ3) is 2.13. The van der Waals surface area contributed by atoms with E-state index in [-0.39, 0.29) is 5.91 Å². The summed E-state index contributed by atoms with van der Waals surface area (Å²) in [6, 6.07) is 10.3. The fourth-order valence-electron chi connectivity index (χ4n) is 3.64. The molecule has 0 spiro atoms. The van der Waals surface area contributed by atoms with Gasteiger partial charge in [-0.2, -0.15) is 0 Å². The van der Waals surface area contributed by atoms with Crippen LogP contribution in [-0.2, 0) is 0 Å². The van der Waals surface area contributed by atoms with Crippen molar-refractivity contribution in [1.29, 1.82) is 0 Å². The summed E-state index contributed by atoms with van der Waals surface area (Å²) in [6.07, 6.45) is 1.10. The minimum absolute atomic E-state index is 0.0622. The van der Waals surface area contributed by atoms with Gasteiger partial charge in [0.1, 0.15) is 11.5 Å². The molecule has 0 bridgehead atoms. The highest BCUT2D eigenvalue weighted by atomic mass is 16.2. The van der Waals surface area contributed by atoms with E-state index < -0.39 is 0 Å². The molecule has 22 heavy (non-hydrogen) atoms. The molecule has 5 nitrogen and oxygen atoms in total. The van der Waals surface area contributed by atoms with Crippen LogP contribution in [0.5, 0.6) is 0 Å². The Morgan fingerprint density at radius 2 is 2.09 bits per heavy atom. The Kier molecular flexibility index (Phi) is 3.22. The van der Waals surface area contributed by atoms with Gasteiger partial charge in [0.15, 0.2) is 0 Å². The number of hydrogen-bond acceptors (Lipinski definition) is 3. The fraction of sp³-hybridized carbons (Fsp3) is 0.412. The lowest BCUT2D eigenvalue weighted by molar-refractivity contribution is 0.0731. The number of amides is 1. The van der Waals surface area contributed by atoms with Crippen molar-refractivity contribution in [2.45, 2.75) is 19.4 Å². The molecule has 2 aliphatic rings. The summed E-state index contributed by atoms with van der Waals surface area (Å²) in [5, 5.41) is 3.38. The zero-order valence-corrected chi connectivity index (χ0v) is 12.7. The Bertz CT molecular complexity index is 694. The van der Waals surface area contributed by atoms with Crippen LogP contribution >= 0.6 is 0 Å². The average Bonchev–Trinajstić information content (AvgIpc) is 3.22. The topological polar surface area (TPSA) is 61.0 Å². The Morgan fingerprint density at radius 3 is 2.91 bits per heavy atom. The molecule has 0 aliphatic carbocycles. The molecular weight excluding hydrogens is 276 g/mol. The second kappa shape index (κ2) is 5.25. The predicted molar refractivity (Wildman–Crippen MR) is 84.6 cm³/mol. The van der Waals surface area contributed by atoms with Gasteiger partial charge in [-0.3, -0.25) is 4.79 Å². The predicted octanol–water partition coefficient (Wildman–Crippen LogP) is 1.82. The quantitative estimate of drug-likeness (QED) is 0.888. The van der Waals surface area contributed by atoms with Crippen LogP contribution in [0.4, 0.5) is 0 Å². The highest BCUT2D eigenvalue weighted by Crippen LogP contribution is 2.29. The smallest absolute Gasteiger partial charge is 0.274 e. The average molecular weight is 296 g/mol. The fourth-order valence-corrected chi connectivity index (χ4v) is 3.64. The molecule has 114 valence electrons. The summed E-state index contributed by atoms with van der Waals surface area (Å²) in [7, 11) is 0. The van der Waals surface area contributed by atoms with Gasteiger partial charge in [0.05, 0.1) is 0 Å². The van der Waals surface area contributed by atoms with E-state index in [1.807, 2.05) is 42.2 Å². The molecule has 2 aliphatic heterocycles. The molecular formula is C17H20N4O. The number of nitrogens with one attached hydrogen (secondary N) is 2. The van der Waals surface area contributed by atoms with Crippen LogP contribution in [0.2, 0.25) is 0 Å². The molecule has 2 fully saturated rings. The summed E-state index contributed by atoms with van der Waals surface area (Å²) < 4.78 is 0. The van der Waals surface area contributed by atoms with E-state index in [9.17, 15) is 4.79 Å². The SMILES string of the molecule is Cc1[nH]c(-c2ccccc2)nc1C(=O)N1CC[C@@H]2CNC[C@@H]21. The number of H-pyrrole nitrogens is 1. The molecule has 2 atom stereocenters. The van der Waals surface area contributed by atoms with Crippen LogP contribution < -0.4 is 5.32 Å². The number of likely N-dealkylation sites (tertiary alicyclic amines) is 1.